The number of hydrogen-bond donors (Lipinski definition) is 1. The fourth-order valence-electron chi connectivity index (χ4n) is 6.97. The van der Waals surface area contributed by atoms with Crippen molar-refractivity contribution in [2.24, 2.45) is 5.92 Å². The Labute approximate surface area is 304 Å². The number of alkyl halides is 3. The van der Waals surface area contributed by atoms with E-state index < -0.39 is 66.2 Å². The number of hydrogen-bond acceptors (Lipinski definition) is 9. The monoisotopic (exact) mass is 738 g/mol. The van der Waals surface area contributed by atoms with Gasteiger partial charge in [-0.25, -0.2) is 9.59 Å². The maximum absolute atomic E-state index is 14.6. The van der Waals surface area contributed by atoms with Gasteiger partial charge in [0, 0.05) is 32.2 Å². The topological polar surface area (TPSA) is 138 Å². The molecule has 53 heavy (non-hydrogen) atoms. The summed E-state index contributed by atoms with van der Waals surface area (Å²) in [6, 6.07) is 22.1. The molecule has 0 spiro atoms. The zero-order chi connectivity index (χ0) is 38.1. The van der Waals surface area contributed by atoms with Crippen LogP contribution in [0, 0.1) is 5.92 Å². The third-order valence-corrected chi connectivity index (χ3v) is 9.45. The van der Waals surface area contributed by atoms with Gasteiger partial charge in [0.2, 0.25) is 5.91 Å². The zero-order valence-corrected chi connectivity index (χ0v) is 29.3. The highest BCUT2D eigenvalue weighted by molar-refractivity contribution is 5.93. The van der Waals surface area contributed by atoms with Crippen molar-refractivity contribution in [1.82, 2.24) is 10.2 Å². The van der Waals surface area contributed by atoms with E-state index in [0.29, 0.717) is 23.5 Å². The van der Waals surface area contributed by atoms with Crippen molar-refractivity contribution in [3.05, 3.63) is 102 Å². The van der Waals surface area contributed by atoms with Crippen molar-refractivity contribution in [2.45, 2.75) is 88.6 Å². The highest BCUT2D eigenvalue weighted by Gasteiger charge is 2.52. The average molecular weight is 739 g/mol. The molecule has 0 aromatic heterocycles. The SMILES string of the molecule is COC(=O)[C@@H]1C[C@@H]2CC[C@@H](OC(=O)C(F)(F)F)C[C@@H]2N1C(=O)[C@H](Cc1ccccc1)NC(=O)[C@H](Cc1ccc(OCc2ccccc2)cc1)OC(C)=O. The number of carbonyl (C=O) groups is 5. The molecule has 2 amide bonds. The van der Waals surface area contributed by atoms with Crippen molar-refractivity contribution >= 4 is 29.7 Å². The Morgan fingerprint density at radius 1 is 0.830 bits per heavy atom. The first-order chi connectivity index (χ1) is 25.3. The summed E-state index contributed by atoms with van der Waals surface area (Å²) in [5.41, 5.74) is 2.28. The Kier molecular flexibility index (Phi) is 12.8. The van der Waals surface area contributed by atoms with E-state index in [4.69, 9.17) is 18.9 Å². The van der Waals surface area contributed by atoms with Gasteiger partial charge in [0.05, 0.1) is 7.11 Å². The molecule has 14 heteroatoms. The maximum atomic E-state index is 14.6. The number of methoxy groups -OCH3 is 1. The third-order valence-electron chi connectivity index (χ3n) is 9.45. The molecule has 3 aromatic rings. The summed E-state index contributed by atoms with van der Waals surface area (Å²) in [6.45, 7) is 1.51. The van der Waals surface area contributed by atoms with E-state index in [-0.39, 0.29) is 44.4 Å². The summed E-state index contributed by atoms with van der Waals surface area (Å²) in [6.07, 6.45) is -7.32. The molecular weight excluding hydrogens is 697 g/mol. The summed E-state index contributed by atoms with van der Waals surface area (Å²) in [4.78, 5) is 66.6. The quantitative estimate of drug-likeness (QED) is 0.192. The molecule has 1 saturated carbocycles. The molecule has 0 bridgehead atoms. The zero-order valence-electron chi connectivity index (χ0n) is 29.3. The van der Waals surface area contributed by atoms with Gasteiger partial charge >= 0.3 is 24.1 Å². The second-order valence-electron chi connectivity index (χ2n) is 13.2. The molecule has 6 atom stereocenters. The summed E-state index contributed by atoms with van der Waals surface area (Å²) in [5.74, 6) is -4.96. The minimum atomic E-state index is -5.20. The number of rotatable bonds is 13. The van der Waals surface area contributed by atoms with Gasteiger partial charge in [-0.2, -0.15) is 13.2 Å². The van der Waals surface area contributed by atoms with Crippen LogP contribution in [-0.4, -0.2) is 78.2 Å². The van der Waals surface area contributed by atoms with Crippen LogP contribution in [0.5, 0.6) is 5.75 Å². The van der Waals surface area contributed by atoms with Crippen molar-refractivity contribution in [3.63, 3.8) is 0 Å². The number of esters is 3. The van der Waals surface area contributed by atoms with E-state index >= 15 is 0 Å². The number of nitrogens with zero attached hydrogens (tertiary/aromatic N) is 1. The van der Waals surface area contributed by atoms with Gasteiger partial charge in [0.1, 0.15) is 30.5 Å². The first kappa shape index (κ1) is 38.8. The fraction of sp³-hybridized carbons (Fsp3) is 0.410. The van der Waals surface area contributed by atoms with Gasteiger partial charge < -0.3 is 29.2 Å². The molecule has 2 aliphatic rings. The molecule has 1 saturated heterocycles. The number of likely N-dealkylation sites (tertiary alicyclic amines) is 1. The number of ether oxygens (including phenoxy) is 4. The minimum Gasteiger partial charge on any atom is -0.489 e. The van der Waals surface area contributed by atoms with Gasteiger partial charge in [-0.05, 0) is 54.0 Å². The Morgan fingerprint density at radius 2 is 1.45 bits per heavy atom. The van der Waals surface area contributed by atoms with Crippen LogP contribution in [0.1, 0.15) is 49.3 Å². The fourth-order valence-corrected chi connectivity index (χ4v) is 6.97. The molecule has 1 aliphatic carbocycles. The van der Waals surface area contributed by atoms with E-state index in [2.05, 4.69) is 5.32 Å². The second kappa shape index (κ2) is 17.4. The summed E-state index contributed by atoms with van der Waals surface area (Å²) in [7, 11) is 1.16. The lowest BCUT2D eigenvalue weighted by Crippen LogP contribution is -2.57. The van der Waals surface area contributed by atoms with E-state index in [1.165, 1.54) is 4.90 Å². The summed E-state index contributed by atoms with van der Waals surface area (Å²) >= 11 is 0. The van der Waals surface area contributed by atoms with Crippen molar-refractivity contribution in [3.8, 4) is 5.75 Å². The van der Waals surface area contributed by atoms with Gasteiger partial charge in [0.25, 0.3) is 5.91 Å². The predicted molar refractivity (Wildman–Crippen MR) is 183 cm³/mol. The molecule has 2 fully saturated rings. The predicted octanol–water partition coefficient (Wildman–Crippen LogP) is 4.88. The number of nitrogens with one attached hydrogen (secondary N) is 1. The van der Waals surface area contributed by atoms with Crippen LogP contribution in [0.15, 0.2) is 84.9 Å². The van der Waals surface area contributed by atoms with Crippen molar-refractivity contribution in [2.75, 3.05) is 7.11 Å². The van der Waals surface area contributed by atoms with Crippen LogP contribution in [0.2, 0.25) is 0 Å². The van der Waals surface area contributed by atoms with Crippen LogP contribution in [0.25, 0.3) is 0 Å². The Morgan fingerprint density at radius 3 is 2.06 bits per heavy atom. The van der Waals surface area contributed by atoms with Gasteiger partial charge in [-0.3, -0.25) is 14.4 Å². The number of benzene rings is 3. The molecule has 282 valence electrons. The third kappa shape index (κ3) is 10.4. The Balaban J connectivity index is 1.36. The van der Waals surface area contributed by atoms with Crippen molar-refractivity contribution in [1.29, 1.82) is 0 Å². The highest BCUT2D eigenvalue weighted by atomic mass is 19.4. The molecule has 3 aromatic carbocycles. The lowest BCUT2D eigenvalue weighted by atomic mass is 9.83. The second-order valence-corrected chi connectivity index (χ2v) is 13.2. The van der Waals surface area contributed by atoms with E-state index in [0.717, 1.165) is 19.6 Å². The maximum Gasteiger partial charge on any atom is 0.490 e. The van der Waals surface area contributed by atoms with E-state index in [1.807, 2.05) is 30.3 Å². The van der Waals surface area contributed by atoms with E-state index in [1.54, 1.807) is 54.6 Å². The smallest absolute Gasteiger partial charge is 0.489 e. The van der Waals surface area contributed by atoms with Crippen LogP contribution in [0.3, 0.4) is 0 Å². The van der Waals surface area contributed by atoms with Crippen LogP contribution in [-0.2, 0) is 57.6 Å². The summed E-state index contributed by atoms with van der Waals surface area (Å²) in [5, 5.41) is 2.74. The number of fused-ring (bicyclic) bond motifs is 1. The first-order valence-electron chi connectivity index (χ1n) is 17.3. The molecule has 5 rings (SSSR count). The van der Waals surface area contributed by atoms with Crippen LogP contribution in [0.4, 0.5) is 13.2 Å². The first-order valence-corrected chi connectivity index (χ1v) is 17.3. The molecule has 11 nitrogen and oxygen atoms in total. The number of amides is 2. The normalized spacial score (nSPS) is 20.7. The standard InChI is InChI=1S/C39H41F3N2O9/c1-24(45)52-34(20-26-13-16-29(17-14-26)51-23-27-11-7-4-8-12-27)35(46)43-31(19-25-9-5-3-6-10-25)36(47)44-32-22-30(53-38(49)39(40,41)42)18-15-28(32)21-33(44)37(48)50-2/h3-14,16-17,28,30-34H,15,18-23H2,1-2H3,(H,43,46)/t28-,30+,31-,32-,33-,34-/m0/s1. The molecule has 1 N–H and O–H groups in total. The Bertz CT molecular complexity index is 1740. The minimum absolute atomic E-state index is 0.0279. The lowest BCUT2D eigenvalue weighted by molar-refractivity contribution is -0.207. The molecule has 1 heterocycles. The van der Waals surface area contributed by atoms with Gasteiger partial charge in [0.15, 0.2) is 6.10 Å². The molecule has 0 radical (unpaired) electrons. The number of carbonyl (C=O) groups excluding carboxylic acids is 5. The highest BCUT2D eigenvalue weighted by Crippen LogP contribution is 2.42. The molecule has 1 aliphatic heterocycles. The average Bonchev–Trinajstić information content (AvgIpc) is 3.52. The van der Waals surface area contributed by atoms with E-state index in [9.17, 15) is 37.1 Å². The van der Waals surface area contributed by atoms with Gasteiger partial charge in [-0.15, -0.1) is 0 Å². The number of halogens is 3. The van der Waals surface area contributed by atoms with Gasteiger partial charge in [-0.1, -0.05) is 72.8 Å². The summed E-state index contributed by atoms with van der Waals surface area (Å²) < 4.78 is 60.2. The van der Waals surface area contributed by atoms with Crippen molar-refractivity contribution < 1.29 is 56.1 Å². The lowest BCUT2D eigenvalue weighted by Gasteiger charge is -2.38. The van der Waals surface area contributed by atoms with Crippen LogP contribution < -0.4 is 10.1 Å². The Hall–Kier alpha value is -5.40. The molecule has 0 unspecified atom stereocenters. The molecular formula is C39H41F3N2O9. The van der Waals surface area contributed by atoms with Crippen LogP contribution >= 0.6 is 0 Å². The largest absolute Gasteiger partial charge is 0.490 e.